The summed E-state index contributed by atoms with van der Waals surface area (Å²) in [5.74, 6) is -0.315. The van der Waals surface area contributed by atoms with Crippen molar-refractivity contribution in [3.05, 3.63) is 42.8 Å². The van der Waals surface area contributed by atoms with Crippen LogP contribution in [0.25, 0.3) is 0 Å². The SMILES string of the molecule is [CH2][C@H](NC(=O)[C@H](C)NC(=O)OC(C)(C)C)c1ccccc1. The number of rotatable bonds is 4. The number of benzene rings is 1. The first-order valence-electron chi connectivity index (χ1n) is 6.87. The van der Waals surface area contributed by atoms with Gasteiger partial charge < -0.3 is 15.4 Å². The first kappa shape index (κ1) is 17.0. The number of nitrogens with one attached hydrogen (secondary N) is 2. The highest BCUT2D eigenvalue weighted by Gasteiger charge is 2.22. The third-order valence-corrected chi connectivity index (χ3v) is 2.64. The Morgan fingerprint density at radius 2 is 1.71 bits per heavy atom. The van der Waals surface area contributed by atoms with Crippen LogP contribution >= 0.6 is 0 Å². The molecule has 1 radical (unpaired) electrons. The molecule has 0 aliphatic heterocycles. The van der Waals surface area contributed by atoms with E-state index in [0.717, 1.165) is 5.56 Å². The Hall–Kier alpha value is -2.04. The highest BCUT2D eigenvalue weighted by molar-refractivity contribution is 5.85. The first-order chi connectivity index (χ1) is 9.69. The molecule has 5 heteroatoms. The van der Waals surface area contributed by atoms with Crippen LogP contribution in [0.3, 0.4) is 0 Å². The van der Waals surface area contributed by atoms with E-state index < -0.39 is 17.7 Å². The normalized spacial score (nSPS) is 14.0. The lowest BCUT2D eigenvalue weighted by atomic mass is 10.1. The molecular formula is C16H23N2O3. The Morgan fingerprint density at radius 3 is 2.24 bits per heavy atom. The van der Waals surface area contributed by atoms with Crippen molar-refractivity contribution in [3.63, 3.8) is 0 Å². The van der Waals surface area contributed by atoms with Gasteiger partial charge in [-0.05, 0) is 40.2 Å². The standard InChI is InChI=1S/C16H23N2O3/c1-11(13-9-7-6-8-10-13)17-14(19)12(2)18-15(20)21-16(3,4)5/h6-12H,1H2,2-5H3,(H,17,19)(H,18,20)/t11-,12-/m0/s1. The molecule has 1 aromatic carbocycles. The van der Waals surface area contributed by atoms with E-state index in [0.29, 0.717) is 0 Å². The molecule has 0 fully saturated rings. The highest BCUT2D eigenvalue weighted by Crippen LogP contribution is 2.11. The number of hydrogen-bond acceptors (Lipinski definition) is 3. The molecule has 0 aliphatic rings. The minimum Gasteiger partial charge on any atom is -0.444 e. The molecule has 0 aliphatic carbocycles. The van der Waals surface area contributed by atoms with Crippen LogP contribution < -0.4 is 10.6 Å². The predicted octanol–water partition coefficient (Wildman–Crippen LogP) is 2.59. The fourth-order valence-corrected chi connectivity index (χ4v) is 1.62. The van der Waals surface area contributed by atoms with E-state index in [1.807, 2.05) is 30.3 Å². The lowest BCUT2D eigenvalue weighted by Crippen LogP contribution is -2.47. The van der Waals surface area contributed by atoms with Crippen LogP contribution in [0.2, 0.25) is 0 Å². The average molecular weight is 291 g/mol. The third kappa shape index (κ3) is 6.29. The van der Waals surface area contributed by atoms with Crippen LogP contribution in [0.4, 0.5) is 4.79 Å². The summed E-state index contributed by atoms with van der Waals surface area (Å²) < 4.78 is 5.10. The molecule has 1 aromatic rings. The Bertz CT molecular complexity index is 480. The van der Waals surface area contributed by atoms with E-state index in [1.54, 1.807) is 27.7 Å². The van der Waals surface area contributed by atoms with Crippen LogP contribution in [0.1, 0.15) is 39.3 Å². The molecule has 2 atom stereocenters. The van der Waals surface area contributed by atoms with Crippen molar-refractivity contribution in [3.8, 4) is 0 Å². The molecule has 2 amide bonds. The largest absolute Gasteiger partial charge is 0.444 e. The lowest BCUT2D eigenvalue weighted by Gasteiger charge is -2.22. The van der Waals surface area contributed by atoms with E-state index in [4.69, 9.17) is 4.74 Å². The zero-order valence-corrected chi connectivity index (χ0v) is 13.0. The zero-order valence-electron chi connectivity index (χ0n) is 13.0. The van der Waals surface area contributed by atoms with Crippen molar-refractivity contribution in [1.29, 1.82) is 0 Å². The summed E-state index contributed by atoms with van der Waals surface area (Å²) in [5, 5.41) is 5.24. The zero-order chi connectivity index (χ0) is 16.0. The van der Waals surface area contributed by atoms with Gasteiger partial charge in [-0.15, -0.1) is 0 Å². The van der Waals surface area contributed by atoms with Crippen LogP contribution in [0.5, 0.6) is 0 Å². The molecule has 115 valence electrons. The van der Waals surface area contributed by atoms with E-state index in [9.17, 15) is 9.59 Å². The maximum absolute atomic E-state index is 12.0. The van der Waals surface area contributed by atoms with Gasteiger partial charge in [0.2, 0.25) is 5.91 Å². The van der Waals surface area contributed by atoms with Crippen LogP contribution in [0.15, 0.2) is 30.3 Å². The summed E-state index contributed by atoms with van der Waals surface area (Å²) in [7, 11) is 0. The quantitative estimate of drug-likeness (QED) is 0.896. The fraction of sp³-hybridized carbons (Fsp3) is 0.438. The van der Waals surface area contributed by atoms with Gasteiger partial charge in [-0.3, -0.25) is 4.79 Å². The number of amides is 2. The van der Waals surface area contributed by atoms with Gasteiger partial charge in [0.15, 0.2) is 0 Å². The van der Waals surface area contributed by atoms with E-state index in [2.05, 4.69) is 17.6 Å². The molecule has 0 unspecified atom stereocenters. The molecule has 0 bridgehead atoms. The fourth-order valence-electron chi connectivity index (χ4n) is 1.62. The monoisotopic (exact) mass is 291 g/mol. The number of carbonyl (C=O) groups excluding carboxylic acids is 2. The molecule has 1 rings (SSSR count). The Kier molecular flexibility index (Phi) is 5.76. The van der Waals surface area contributed by atoms with Gasteiger partial charge >= 0.3 is 6.09 Å². The van der Waals surface area contributed by atoms with Gasteiger partial charge in [-0.2, -0.15) is 0 Å². The van der Waals surface area contributed by atoms with Crippen LogP contribution in [-0.2, 0) is 9.53 Å². The van der Waals surface area contributed by atoms with Crippen molar-refractivity contribution in [2.75, 3.05) is 0 Å². The summed E-state index contributed by atoms with van der Waals surface area (Å²) in [6.07, 6.45) is -0.620. The van der Waals surface area contributed by atoms with Gasteiger partial charge in [-0.1, -0.05) is 30.3 Å². The second-order valence-electron chi connectivity index (χ2n) is 5.84. The minimum atomic E-state index is -0.701. The molecule has 0 saturated heterocycles. The predicted molar refractivity (Wildman–Crippen MR) is 81.5 cm³/mol. The highest BCUT2D eigenvalue weighted by atomic mass is 16.6. The second kappa shape index (κ2) is 7.11. The Balaban J connectivity index is 2.50. The first-order valence-corrected chi connectivity index (χ1v) is 6.87. The van der Waals surface area contributed by atoms with Gasteiger partial charge in [0.25, 0.3) is 0 Å². The molecule has 21 heavy (non-hydrogen) atoms. The van der Waals surface area contributed by atoms with Gasteiger partial charge in [0.1, 0.15) is 11.6 Å². The third-order valence-electron chi connectivity index (χ3n) is 2.64. The maximum atomic E-state index is 12.0. The molecule has 0 spiro atoms. The topological polar surface area (TPSA) is 67.4 Å². The van der Waals surface area contributed by atoms with Crippen molar-refractivity contribution in [1.82, 2.24) is 10.6 Å². The van der Waals surface area contributed by atoms with Gasteiger partial charge in [0.05, 0.1) is 6.04 Å². The maximum Gasteiger partial charge on any atom is 0.408 e. The van der Waals surface area contributed by atoms with Gasteiger partial charge in [-0.25, -0.2) is 4.79 Å². The summed E-state index contributed by atoms with van der Waals surface area (Å²) >= 11 is 0. The Labute approximate surface area is 126 Å². The Morgan fingerprint density at radius 1 is 1.14 bits per heavy atom. The number of alkyl carbamates (subject to hydrolysis) is 1. The lowest BCUT2D eigenvalue weighted by molar-refractivity contribution is -0.123. The summed E-state index contributed by atoms with van der Waals surface area (Å²) in [5.41, 5.74) is 0.300. The number of carbonyl (C=O) groups is 2. The smallest absolute Gasteiger partial charge is 0.408 e. The number of ether oxygens (including phenoxy) is 1. The second-order valence-corrected chi connectivity index (χ2v) is 5.84. The van der Waals surface area contributed by atoms with Crippen LogP contribution in [0, 0.1) is 6.92 Å². The number of hydrogen-bond donors (Lipinski definition) is 2. The molecular weight excluding hydrogens is 268 g/mol. The summed E-state index contributed by atoms with van der Waals surface area (Å²) in [6, 6.07) is 8.33. The molecule has 0 aromatic heterocycles. The molecule has 0 heterocycles. The van der Waals surface area contributed by atoms with Crippen LogP contribution in [-0.4, -0.2) is 23.6 Å². The molecule has 5 nitrogen and oxygen atoms in total. The van der Waals surface area contributed by atoms with E-state index in [1.165, 1.54) is 0 Å². The van der Waals surface area contributed by atoms with E-state index >= 15 is 0 Å². The average Bonchev–Trinajstić information content (AvgIpc) is 2.37. The van der Waals surface area contributed by atoms with Crippen molar-refractivity contribution < 1.29 is 14.3 Å². The summed E-state index contributed by atoms with van der Waals surface area (Å²) in [6.45, 7) is 10.8. The van der Waals surface area contributed by atoms with Gasteiger partial charge in [0, 0.05) is 0 Å². The molecule has 0 saturated carbocycles. The minimum absolute atomic E-state index is 0.315. The molecule has 2 N–H and O–H groups in total. The van der Waals surface area contributed by atoms with Crippen molar-refractivity contribution >= 4 is 12.0 Å². The van der Waals surface area contributed by atoms with Crippen molar-refractivity contribution in [2.24, 2.45) is 0 Å². The summed E-state index contributed by atoms with van der Waals surface area (Å²) in [4.78, 5) is 23.6. The van der Waals surface area contributed by atoms with Crippen molar-refractivity contribution in [2.45, 2.75) is 45.4 Å². The van der Waals surface area contributed by atoms with E-state index in [-0.39, 0.29) is 11.9 Å².